The first-order valence-corrected chi connectivity index (χ1v) is 9.71. The number of sulfonamides is 1. The van der Waals surface area contributed by atoms with Gasteiger partial charge in [0.2, 0.25) is 10.0 Å². The van der Waals surface area contributed by atoms with Crippen molar-refractivity contribution in [2.75, 3.05) is 27.8 Å². The average molecular weight is 397 g/mol. The van der Waals surface area contributed by atoms with Crippen LogP contribution in [0.2, 0.25) is 0 Å². The highest BCUT2D eigenvalue weighted by atomic mass is 32.2. The van der Waals surface area contributed by atoms with E-state index in [-0.39, 0.29) is 25.9 Å². The van der Waals surface area contributed by atoms with Gasteiger partial charge < -0.3 is 24.1 Å². The monoisotopic (exact) mass is 397 g/mol. The number of hydrogen-bond acceptors (Lipinski definition) is 7. The Labute approximate surface area is 158 Å². The number of aliphatic hydroxyl groups excluding tert-OH is 1. The van der Waals surface area contributed by atoms with E-state index in [1.54, 1.807) is 36.4 Å². The molecule has 0 fully saturated rings. The number of rotatable bonds is 10. The largest absolute Gasteiger partial charge is 0.467 e. The van der Waals surface area contributed by atoms with E-state index in [4.69, 9.17) is 24.1 Å². The molecule has 27 heavy (non-hydrogen) atoms. The molecule has 0 saturated carbocycles. The van der Waals surface area contributed by atoms with E-state index in [9.17, 15) is 13.5 Å². The van der Waals surface area contributed by atoms with Crippen molar-refractivity contribution in [3.8, 4) is 22.6 Å². The Morgan fingerprint density at radius 3 is 2.07 bits per heavy atom. The van der Waals surface area contributed by atoms with Crippen LogP contribution in [0.25, 0.3) is 11.1 Å². The maximum atomic E-state index is 11.3. The molecule has 2 aromatic carbocycles. The predicted molar refractivity (Wildman–Crippen MR) is 99.6 cm³/mol. The Balaban J connectivity index is 2.56. The van der Waals surface area contributed by atoms with Gasteiger partial charge in [0.25, 0.3) is 0 Å². The summed E-state index contributed by atoms with van der Waals surface area (Å²) in [6.07, 6.45) is 0. The van der Waals surface area contributed by atoms with Gasteiger partial charge in [-0.05, 0) is 28.8 Å². The molecule has 0 heterocycles. The molecule has 0 unspecified atom stereocenters. The minimum atomic E-state index is -3.68. The molecule has 0 aliphatic rings. The Bertz CT molecular complexity index is 842. The lowest BCUT2D eigenvalue weighted by molar-refractivity contribution is 0.0468. The molecule has 148 valence electrons. The summed E-state index contributed by atoms with van der Waals surface area (Å²) in [6, 6.07) is 10.2. The van der Waals surface area contributed by atoms with Crippen molar-refractivity contribution in [1.29, 1.82) is 0 Å². The zero-order valence-corrected chi connectivity index (χ0v) is 16.0. The van der Waals surface area contributed by atoms with E-state index in [2.05, 4.69) is 0 Å². The first kappa shape index (κ1) is 21.1. The van der Waals surface area contributed by atoms with Gasteiger partial charge in [0.15, 0.2) is 13.6 Å². The van der Waals surface area contributed by atoms with Crippen LogP contribution in [-0.2, 0) is 31.9 Å². The molecule has 2 rings (SSSR count). The molecule has 8 nitrogen and oxygen atoms in total. The van der Waals surface area contributed by atoms with Crippen LogP contribution in [0.1, 0.15) is 11.1 Å². The molecule has 0 aliphatic heterocycles. The molecule has 9 heteroatoms. The van der Waals surface area contributed by atoms with Crippen molar-refractivity contribution < 1.29 is 32.5 Å². The fraction of sp³-hybridized carbons (Fsp3) is 0.333. The Kier molecular flexibility index (Phi) is 7.57. The van der Waals surface area contributed by atoms with Crippen LogP contribution >= 0.6 is 0 Å². The van der Waals surface area contributed by atoms with Crippen LogP contribution in [0.15, 0.2) is 36.4 Å². The first-order chi connectivity index (χ1) is 12.9. The van der Waals surface area contributed by atoms with Crippen LogP contribution in [-0.4, -0.2) is 41.3 Å². The zero-order chi connectivity index (χ0) is 19.9. The van der Waals surface area contributed by atoms with Gasteiger partial charge >= 0.3 is 0 Å². The summed E-state index contributed by atoms with van der Waals surface area (Å²) in [4.78, 5) is 0. The van der Waals surface area contributed by atoms with Crippen molar-refractivity contribution in [3.05, 3.63) is 47.5 Å². The van der Waals surface area contributed by atoms with E-state index in [0.29, 0.717) is 33.8 Å². The maximum absolute atomic E-state index is 11.3. The SMILES string of the molecule is COCOc1cccc(OCOC)c1-c1ccc(CS(N)(=O)=O)cc1CO. The highest BCUT2D eigenvalue weighted by Crippen LogP contribution is 2.40. The number of benzene rings is 2. The van der Waals surface area contributed by atoms with Gasteiger partial charge in [-0.1, -0.05) is 24.3 Å². The number of primary sulfonamides is 1. The molecule has 0 bridgehead atoms. The van der Waals surface area contributed by atoms with E-state index in [0.717, 1.165) is 0 Å². The highest BCUT2D eigenvalue weighted by molar-refractivity contribution is 7.88. The molecule has 3 N–H and O–H groups in total. The Morgan fingerprint density at radius 2 is 1.59 bits per heavy atom. The van der Waals surface area contributed by atoms with E-state index in [1.807, 2.05) is 0 Å². The summed E-state index contributed by atoms with van der Waals surface area (Å²) in [5.41, 5.74) is 2.21. The highest BCUT2D eigenvalue weighted by Gasteiger charge is 2.18. The molecule has 0 amide bonds. The number of methoxy groups -OCH3 is 2. The molecule has 0 aliphatic carbocycles. The topological polar surface area (TPSA) is 117 Å². The third kappa shape index (κ3) is 5.91. The van der Waals surface area contributed by atoms with Crippen molar-refractivity contribution in [2.24, 2.45) is 5.14 Å². The normalized spacial score (nSPS) is 11.4. The summed E-state index contributed by atoms with van der Waals surface area (Å²) < 4.78 is 43.9. The minimum absolute atomic E-state index is 0.0265. The zero-order valence-electron chi connectivity index (χ0n) is 15.2. The lowest BCUT2D eigenvalue weighted by Crippen LogP contribution is -2.14. The second kappa shape index (κ2) is 9.67. The molecular weight excluding hydrogens is 374 g/mol. The van der Waals surface area contributed by atoms with Crippen LogP contribution in [0.5, 0.6) is 11.5 Å². The lowest BCUT2D eigenvalue weighted by atomic mass is 9.96. The van der Waals surface area contributed by atoms with E-state index >= 15 is 0 Å². The van der Waals surface area contributed by atoms with Gasteiger partial charge in [-0.15, -0.1) is 0 Å². The van der Waals surface area contributed by atoms with Gasteiger partial charge in [0, 0.05) is 14.2 Å². The van der Waals surface area contributed by atoms with Crippen LogP contribution < -0.4 is 14.6 Å². The molecule has 2 aromatic rings. The molecule has 0 saturated heterocycles. The third-order valence-electron chi connectivity index (χ3n) is 3.63. The number of nitrogens with two attached hydrogens (primary N) is 1. The predicted octanol–water partition coefficient (Wildman–Crippen LogP) is 1.60. The van der Waals surface area contributed by atoms with E-state index in [1.165, 1.54) is 14.2 Å². The number of hydrogen-bond donors (Lipinski definition) is 2. The van der Waals surface area contributed by atoms with Gasteiger partial charge in [-0.25, -0.2) is 13.6 Å². The van der Waals surface area contributed by atoms with E-state index < -0.39 is 10.0 Å². The second-order valence-electron chi connectivity index (χ2n) is 5.69. The fourth-order valence-corrected chi connectivity index (χ4v) is 3.25. The van der Waals surface area contributed by atoms with Crippen molar-refractivity contribution in [1.82, 2.24) is 0 Å². The third-order valence-corrected chi connectivity index (χ3v) is 4.37. The molecular formula is C18H23NO7S. The first-order valence-electron chi connectivity index (χ1n) is 7.99. The molecule has 0 radical (unpaired) electrons. The summed E-state index contributed by atoms with van der Waals surface area (Å²) in [5, 5.41) is 14.9. The van der Waals surface area contributed by atoms with Gasteiger partial charge in [0.1, 0.15) is 11.5 Å². The average Bonchev–Trinajstić information content (AvgIpc) is 2.63. The van der Waals surface area contributed by atoms with Crippen molar-refractivity contribution >= 4 is 10.0 Å². The van der Waals surface area contributed by atoms with Gasteiger partial charge in [0.05, 0.1) is 17.9 Å². The van der Waals surface area contributed by atoms with Gasteiger partial charge in [-0.3, -0.25) is 0 Å². The fourth-order valence-electron chi connectivity index (χ4n) is 2.61. The minimum Gasteiger partial charge on any atom is -0.467 e. The summed E-state index contributed by atoms with van der Waals surface area (Å²) in [7, 11) is -0.672. The Hall–Kier alpha value is -2.17. The summed E-state index contributed by atoms with van der Waals surface area (Å²) in [5.74, 6) is 0.647. The quantitative estimate of drug-likeness (QED) is 0.585. The number of ether oxygens (including phenoxy) is 4. The lowest BCUT2D eigenvalue weighted by Gasteiger charge is -2.18. The van der Waals surface area contributed by atoms with Crippen LogP contribution in [0.4, 0.5) is 0 Å². The van der Waals surface area contributed by atoms with Crippen molar-refractivity contribution in [3.63, 3.8) is 0 Å². The van der Waals surface area contributed by atoms with Gasteiger partial charge in [-0.2, -0.15) is 0 Å². The van der Waals surface area contributed by atoms with Crippen molar-refractivity contribution in [2.45, 2.75) is 12.4 Å². The maximum Gasteiger partial charge on any atom is 0.213 e. The molecule has 0 spiro atoms. The standard InChI is InChI=1S/C18H23NO7S/c1-23-11-25-16-4-3-5-17(26-12-24-2)18(16)15-7-6-13(8-14(15)9-20)10-27(19,21)22/h3-8,20H,9-12H2,1-2H3,(H2,19,21,22). The summed E-state index contributed by atoms with van der Waals surface area (Å²) in [6.45, 7) is -0.256. The summed E-state index contributed by atoms with van der Waals surface area (Å²) >= 11 is 0. The number of aliphatic hydroxyl groups is 1. The second-order valence-corrected chi connectivity index (χ2v) is 7.30. The smallest absolute Gasteiger partial charge is 0.213 e. The molecule has 0 atom stereocenters. The van der Waals surface area contributed by atoms with Crippen LogP contribution in [0.3, 0.4) is 0 Å². The Morgan fingerprint density at radius 1 is 1.00 bits per heavy atom. The van der Waals surface area contributed by atoms with Crippen LogP contribution in [0, 0.1) is 0 Å². The molecule has 0 aromatic heterocycles.